The van der Waals surface area contributed by atoms with Crippen molar-refractivity contribution in [1.82, 2.24) is 15.0 Å². The minimum Gasteiger partial charge on any atom is -0.463 e. The fourth-order valence-electron chi connectivity index (χ4n) is 1.45. The first-order valence-corrected chi connectivity index (χ1v) is 6.30. The molecule has 1 saturated carbocycles. The molecule has 7 nitrogen and oxygen atoms in total. The SMILES string of the molecule is CCCOc1nc(NN)nc(OCCC2CC2)n1. The van der Waals surface area contributed by atoms with Gasteiger partial charge in [-0.1, -0.05) is 19.8 Å². The van der Waals surface area contributed by atoms with Crippen LogP contribution in [0.2, 0.25) is 0 Å². The fourth-order valence-corrected chi connectivity index (χ4v) is 1.45. The molecular formula is C11H19N5O2. The molecule has 0 aliphatic heterocycles. The molecular weight excluding hydrogens is 234 g/mol. The van der Waals surface area contributed by atoms with Crippen molar-refractivity contribution in [2.24, 2.45) is 11.8 Å². The average Bonchev–Trinajstić information content (AvgIpc) is 3.20. The number of nitrogens with two attached hydrogens (primary N) is 1. The van der Waals surface area contributed by atoms with Gasteiger partial charge >= 0.3 is 12.0 Å². The molecule has 0 atom stereocenters. The summed E-state index contributed by atoms with van der Waals surface area (Å²) in [4.78, 5) is 12.1. The van der Waals surface area contributed by atoms with Crippen molar-refractivity contribution < 1.29 is 9.47 Å². The van der Waals surface area contributed by atoms with Crippen LogP contribution in [-0.2, 0) is 0 Å². The summed E-state index contributed by atoms with van der Waals surface area (Å²) in [5, 5.41) is 0. The molecule has 1 aromatic rings. The number of nitrogens with one attached hydrogen (secondary N) is 1. The molecule has 0 spiro atoms. The first-order valence-electron chi connectivity index (χ1n) is 6.30. The van der Waals surface area contributed by atoms with Crippen molar-refractivity contribution in [3.63, 3.8) is 0 Å². The van der Waals surface area contributed by atoms with Crippen LogP contribution in [0.4, 0.5) is 5.95 Å². The van der Waals surface area contributed by atoms with Gasteiger partial charge in [0.15, 0.2) is 0 Å². The molecule has 2 rings (SSSR count). The van der Waals surface area contributed by atoms with Gasteiger partial charge < -0.3 is 9.47 Å². The molecule has 1 aliphatic rings. The number of hydrogen-bond acceptors (Lipinski definition) is 7. The lowest BCUT2D eigenvalue weighted by atomic mass is 10.3. The molecule has 0 bridgehead atoms. The van der Waals surface area contributed by atoms with Gasteiger partial charge in [-0.15, -0.1) is 4.98 Å². The molecule has 18 heavy (non-hydrogen) atoms. The Bertz CT molecular complexity index is 384. The third kappa shape index (κ3) is 3.99. The van der Waals surface area contributed by atoms with Crippen molar-refractivity contribution in [3.8, 4) is 12.0 Å². The topological polar surface area (TPSA) is 95.2 Å². The zero-order valence-corrected chi connectivity index (χ0v) is 10.6. The maximum Gasteiger partial charge on any atom is 0.324 e. The lowest BCUT2D eigenvalue weighted by molar-refractivity contribution is 0.256. The molecule has 0 aromatic carbocycles. The van der Waals surface area contributed by atoms with E-state index in [4.69, 9.17) is 15.3 Å². The number of nitrogen functional groups attached to an aromatic ring is 1. The smallest absolute Gasteiger partial charge is 0.324 e. The Labute approximate surface area is 106 Å². The first kappa shape index (κ1) is 12.8. The van der Waals surface area contributed by atoms with E-state index in [0.29, 0.717) is 13.2 Å². The maximum absolute atomic E-state index is 5.48. The van der Waals surface area contributed by atoms with E-state index in [1.54, 1.807) is 0 Å². The predicted molar refractivity (Wildman–Crippen MR) is 66.3 cm³/mol. The quantitative estimate of drug-likeness (QED) is 0.529. The summed E-state index contributed by atoms with van der Waals surface area (Å²) in [6.45, 7) is 3.18. The summed E-state index contributed by atoms with van der Waals surface area (Å²) in [6.07, 6.45) is 4.54. The highest BCUT2D eigenvalue weighted by atomic mass is 16.5. The maximum atomic E-state index is 5.48. The van der Waals surface area contributed by atoms with E-state index in [-0.39, 0.29) is 18.0 Å². The Balaban J connectivity index is 1.92. The largest absolute Gasteiger partial charge is 0.463 e. The summed E-state index contributed by atoms with van der Waals surface area (Å²) in [5.41, 5.74) is 2.37. The van der Waals surface area contributed by atoms with Gasteiger partial charge in [0.1, 0.15) is 0 Å². The highest BCUT2D eigenvalue weighted by molar-refractivity contribution is 5.25. The minimum atomic E-state index is 0.237. The van der Waals surface area contributed by atoms with E-state index in [9.17, 15) is 0 Å². The highest BCUT2D eigenvalue weighted by Crippen LogP contribution is 2.32. The summed E-state index contributed by atoms with van der Waals surface area (Å²) < 4.78 is 10.8. The molecule has 1 aliphatic carbocycles. The van der Waals surface area contributed by atoms with Crippen LogP contribution in [0.25, 0.3) is 0 Å². The van der Waals surface area contributed by atoms with Crippen LogP contribution in [-0.4, -0.2) is 28.2 Å². The van der Waals surface area contributed by atoms with E-state index < -0.39 is 0 Å². The number of hydrazine groups is 1. The van der Waals surface area contributed by atoms with Gasteiger partial charge in [0.2, 0.25) is 5.95 Å². The van der Waals surface area contributed by atoms with Gasteiger partial charge in [-0.25, -0.2) is 5.84 Å². The number of anilines is 1. The first-order chi connectivity index (χ1) is 8.81. The third-order valence-corrected chi connectivity index (χ3v) is 2.61. The van der Waals surface area contributed by atoms with Gasteiger partial charge in [0.25, 0.3) is 0 Å². The van der Waals surface area contributed by atoms with E-state index in [0.717, 1.165) is 18.8 Å². The van der Waals surface area contributed by atoms with Crippen LogP contribution in [0.3, 0.4) is 0 Å². The molecule has 3 N–H and O–H groups in total. The Hall–Kier alpha value is -1.63. The molecule has 0 unspecified atom stereocenters. The molecule has 0 amide bonds. The lowest BCUT2D eigenvalue weighted by Gasteiger charge is -2.08. The number of nitrogens with zero attached hydrogens (tertiary/aromatic N) is 3. The van der Waals surface area contributed by atoms with E-state index in [1.165, 1.54) is 12.8 Å². The van der Waals surface area contributed by atoms with Gasteiger partial charge in [-0.3, -0.25) is 5.43 Å². The van der Waals surface area contributed by atoms with E-state index in [1.807, 2.05) is 6.92 Å². The second-order valence-electron chi connectivity index (χ2n) is 4.30. The van der Waals surface area contributed by atoms with Crippen LogP contribution in [0, 0.1) is 5.92 Å². The monoisotopic (exact) mass is 253 g/mol. The van der Waals surface area contributed by atoms with Crippen molar-refractivity contribution in [2.75, 3.05) is 18.6 Å². The van der Waals surface area contributed by atoms with Crippen molar-refractivity contribution >= 4 is 5.95 Å². The summed E-state index contributed by atoms with van der Waals surface area (Å²) in [7, 11) is 0. The van der Waals surface area contributed by atoms with Crippen LogP contribution in [0.5, 0.6) is 12.0 Å². The lowest BCUT2D eigenvalue weighted by Crippen LogP contribution is -2.14. The second-order valence-corrected chi connectivity index (χ2v) is 4.30. The van der Waals surface area contributed by atoms with Crippen LogP contribution in [0.15, 0.2) is 0 Å². The van der Waals surface area contributed by atoms with Gasteiger partial charge in [-0.05, 0) is 18.8 Å². The summed E-state index contributed by atoms with van der Waals surface area (Å²) in [5.74, 6) is 6.35. The number of rotatable bonds is 8. The number of aromatic nitrogens is 3. The Kier molecular flexibility index (Phi) is 4.52. The van der Waals surface area contributed by atoms with Crippen LogP contribution < -0.4 is 20.7 Å². The Morgan fingerprint density at radius 1 is 1.17 bits per heavy atom. The highest BCUT2D eigenvalue weighted by Gasteiger charge is 2.21. The average molecular weight is 253 g/mol. The standard InChI is InChI=1S/C11H19N5O2/c1-2-6-17-10-13-9(16-12)14-11(15-10)18-7-5-8-3-4-8/h8H,2-7,12H2,1H3,(H,13,14,15,16). The van der Waals surface area contributed by atoms with E-state index >= 15 is 0 Å². The normalized spacial score (nSPS) is 14.3. The molecule has 1 fully saturated rings. The van der Waals surface area contributed by atoms with Crippen molar-refractivity contribution in [1.29, 1.82) is 0 Å². The van der Waals surface area contributed by atoms with Crippen molar-refractivity contribution in [3.05, 3.63) is 0 Å². The second kappa shape index (κ2) is 6.34. The summed E-state index contributed by atoms with van der Waals surface area (Å²) >= 11 is 0. The Morgan fingerprint density at radius 3 is 2.39 bits per heavy atom. The number of ether oxygens (including phenoxy) is 2. The fraction of sp³-hybridized carbons (Fsp3) is 0.727. The third-order valence-electron chi connectivity index (χ3n) is 2.61. The number of hydrogen-bond donors (Lipinski definition) is 2. The molecule has 0 saturated heterocycles. The molecule has 0 radical (unpaired) electrons. The molecule has 7 heteroatoms. The molecule has 1 aromatic heterocycles. The summed E-state index contributed by atoms with van der Waals surface area (Å²) in [6, 6.07) is 0.492. The van der Waals surface area contributed by atoms with E-state index in [2.05, 4.69) is 20.4 Å². The predicted octanol–water partition coefficient (Wildman–Crippen LogP) is 1.12. The minimum absolute atomic E-state index is 0.237. The molecule has 1 heterocycles. The van der Waals surface area contributed by atoms with Gasteiger partial charge in [0.05, 0.1) is 13.2 Å². The zero-order valence-electron chi connectivity index (χ0n) is 10.6. The van der Waals surface area contributed by atoms with Crippen LogP contribution >= 0.6 is 0 Å². The van der Waals surface area contributed by atoms with Crippen molar-refractivity contribution in [2.45, 2.75) is 32.6 Å². The van der Waals surface area contributed by atoms with Gasteiger partial charge in [-0.2, -0.15) is 9.97 Å². The van der Waals surface area contributed by atoms with Gasteiger partial charge in [0, 0.05) is 0 Å². The zero-order chi connectivity index (χ0) is 12.8. The molecule has 100 valence electrons. The Morgan fingerprint density at radius 2 is 1.83 bits per heavy atom. The van der Waals surface area contributed by atoms with Crippen LogP contribution in [0.1, 0.15) is 32.6 Å².